The predicted molar refractivity (Wildman–Crippen MR) is 117 cm³/mol. The van der Waals surface area contributed by atoms with Gasteiger partial charge in [-0.25, -0.2) is 4.39 Å². The number of fused-ring (bicyclic) bond motifs is 1. The second kappa shape index (κ2) is 8.66. The lowest BCUT2D eigenvalue weighted by Gasteiger charge is -2.21. The lowest BCUT2D eigenvalue weighted by molar-refractivity contribution is 0.0783. The Labute approximate surface area is 185 Å². The van der Waals surface area contributed by atoms with Gasteiger partial charge in [-0.2, -0.15) is 9.83 Å². The third-order valence-electron chi connectivity index (χ3n) is 5.33. The lowest BCUT2D eigenvalue weighted by Crippen LogP contribution is -2.27. The lowest BCUT2D eigenvalue weighted by atomic mass is 10.0. The van der Waals surface area contributed by atoms with Crippen LogP contribution < -0.4 is 4.74 Å². The number of ether oxygens (including phenoxy) is 1. The first kappa shape index (κ1) is 21.3. The normalized spacial score (nSPS) is 11.0. The summed E-state index contributed by atoms with van der Waals surface area (Å²) in [6.07, 6.45) is 3.12. The first-order valence-electron chi connectivity index (χ1n) is 10.2. The van der Waals surface area contributed by atoms with Crippen LogP contribution in [0, 0.1) is 12.7 Å². The average molecular weight is 434 g/mol. The molecule has 0 atom stereocenters. The third-order valence-corrected chi connectivity index (χ3v) is 5.33. The fourth-order valence-electron chi connectivity index (χ4n) is 3.68. The van der Waals surface area contributed by atoms with E-state index >= 15 is 0 Å². The molecule has 2 aliphatic rings. The Morgan fingerprint density at radius 2 is 2.03 bits per heavy atom. The molecular weight excluding hydrogens is 411 g/mol. The first-order chi connectivity index (χ1) is 15.4. The summed E-state index contributed by atoms with van der Waals surface area (Å²) in [5, 5.41) is 18.2. The summed E-state index contributed by atoms with van der Waals surface area (Å²) in [5.41, 5.74) is 4.47. The molecule has 0 aliphatic carbocycles. The number of carbonyl (C=O) groups excluding carboxylic acids is 1. The Morgan fingerprint density at radius 3 is 2.78 bits per heavy atom. The molecule has 0 spiro atoms. The van der Waals surface area contributed by atoms with Crippen LogP contribution in [0.4, 0.5) is 4.39 Å². The molecule has 0 unspecified atom stereocenters. The minimum atomic E-state index is -0.342. The van der Waals surface area contributed by atoms with E-state index in [2.05, 4.69) is 10.2 Å². The molecule has 7 nitrogen and oxygen atoms in total. The van der Waals surface area contributed by atoms with Crippen LogP contribution in [0.2, 0.25) is 0 Å². The number of hydrogen-bond acceptors (Lipinski definition) is 5. The van der Waals surface area contributed by atoms with Gasteiger partial charge in [-0.1, -0.05) is 12.1 Å². The van der Waals surface area contributed by atoms with Crippen molar-refractivity contribution in [3.63, 3.8) is 0 Å². The predicted octanol–water partition coefficient (Wildman–Crippen LogP) is 4.41. The Hall–Kier alpha value is -3.94. The molecule has 0 saturated carbocycles. The van der Waals surface area contributed by atoms with Crippen molar-refractivity contribution >= 4 is 5.91 Å². The Balaban J connectivity index is 1.62. The van der Waals surface area contributed by atoms with Crippen LogP contribution in [0.25, 0.3) is 22.4 Å². The van der Waals surface area contributed by atoms with Gasteiger partial charge >= 0.3 is 0 Å². The number of benzene rings is 2. The summed E-state index contributed by atoms with van der Waals surface area (Å²) in [6.45, 7) is 4.25. The second-order valence-corrected chi connectivity index (χ2v) is 7.51. The van der Waals surface area contributed by atoms with Crippen LogP contribution in [-0.2, 0) is 6.54 Å². The van der Waals surface area contributed by atoms with Crippen molar-refractivity contribution in [2.75, 3.05) is 13.7 Å². The van der Waals surface area contributed by atoms with Gasteiger partial charge in [0.15, 0.2) is 0 Å². The minimum Gasteiger partial charge on any atom is -0.493 e. The van der Waals surface area contributed by atoms with Crippen molar-refractivity contribution in [3.05, 3.63) is 77.5 Å². The number of pyridine rings is 1. The van der Waals surface area contributed by atoms with Crippen molar-refractivity contribution in [1.29, 1.82) is 0 Å². The minimum absolute atomic E-state index is 0.227. The zero-order valence-electron chi connectivity index (χ0n) is 18.0. The molecule has 2 aromatic carbocycles. The van der Waals surface area contributed by atoms with Crippen molar-refractivity contribution in [2.45, 2.75) is 20.4 Å². The van der Waals surface area contributed by atoms with E-state index in [1.54, 1.807) is 50.5 Å². The largest absolute Gasteiger partial charge is 0.493 e. The maximum atomic E-state index is 13.7. The van der Waals surface area contributed by atoms with E-state index in [-0.39, 0.29) is 18.3 Å². The SMILES string of the molecule is CCOc1cc(C(=O)N(C)Cc2cn(O)c(C)c3cnnc2-3)ccc1-c1cccc(F)c1. The summed E-state index contributed by atoms with van der Waals surface area (Å²) in [7, 11) is 1.67. The number of halogens is 1. The zero-order valence-corrected chi connectivity index (χ0v) is 18.0. The molecule has 1 amide bonds. The average Bonchev–Trinajstić information content (AvgIpc) is 3.27. The summed E-state index contributed by atoms with van der Waals surface area (Å²) in [5.74, 6) is -0.0642. The molecule has 0 bridgehead atoms. The van der Waals surface area contributed by atoms with Gasteiger partial charge in [0.05, 0.1) is 24.7 Å². The molecule has 0 radical (unpaired) electrons. The number of nitrogens with zero attached hydrogens (tertiary/aromatic N) is 4. The maximum absolute atomic E-state index is 13.7. The Bertz CT molecular complexity index is 1250. The van der Waals surface area contributed by atoms with E-state index in [9.17, 15) is 14.4 Å². The molecule has 8 heteroatoms. The van der Waals surface area contributed by atoms with Crippen LogP contribution in [0.1, 0.15) is 28.5 Å². The molecule has 0 fully saturated rings. The van der Waals surface area contributed by atoms with Crippen molar-refractivity contribution in [1.82, 2.24) is 19.8 Å². The highest BCUT2D eigenvalue weighted by Crippen LogP contribution is 2.32. The monoisotopic (exact) mass is 434 g/mol. The highest BCUT2D eigenvalue weighted by molar-refractivity contribution is 5.95. The molecule has 1 N–H and O–H groups in total. The van der Waals surface area contributed by atoms with Gasteiger partial charge < -0.3 is 14.8 Å². The molecule has 32 heavy (non-hydrogen) atoms. The van der Waals surface area contributed by atoms with Gasteiger partial charge in [0.2, 0.25) is 0 Å². The van der Waals surface area contributed by atoms with Gasteiger partial charge in [-0.15, -0.1) is 5.10 Å². The van der Waals surface area contributed by atoms with Crippen molar-refractivity contribution in [3.8, 4) is 28.1 Å². The number of aromatic nitrogens is 3. The van der Waals surface area contributed by atoms with Gasteiger partial charge in [0.1, 0.15) is 17.3 Å². The summed E-state index contributed by atoms with van der Waals surface area (Å²) in [6, 6.07) is 11.4. The highest BCUT2D eigenvalue weighted by Gasteiger charge is 2.21. The van der Waals surface area contributed by atoms with Gasteiger partial charge in [-0.3, -0.25) is 4.79 Å². The van der Waals surface area contributed by atoms with Gasteiger partial charge in [0.25, 0.3) is 5.91 Å². The summed E-state index contributed by atoms with van der Waals surface area (Å²) < 4.78 is 20.5. The summed E-state index contributed by atoms with van der Waals surface area (Å²) >= 11 is 0. The molecular formula is C24H23FN4O3. The molecule has 2 aromatic rings. The molecule has 164 valence electrons. The van der Waals surface area contributed by atoms with Crippen LogP contribution in [0.15, 0.2) is 54.9 Å². The van der Waals surface area contributed by atoms with Gasteiger partial charge in [-0.05, 0) is 49.7 Å². The number of carbonyl (C=O) groups is 1. The van der Waals surface area contributed by atoms with E-state index < -0.39 is 0 Å². The van der Waals surface area contributed by atoms with Crippen molar-refractivity contribution in [2.24, 2.45) is 0 Å². The first-order valence-corrected chi connectivity index (χ1v) is 10.2. The van der Waals surface area contributed by atoms with Crippen LogP contribution >= 0.6 is 0 Å². The molecule has 0 aromatic heterocycles. The van der Waals surface area contributed by atoms with Crippen molar-refractivity contribution < 1.29 is 19.1 Å². The third kappa shape index (κ3) is 3.99. The molecule has 4 rings (SSSR count). The molecule has 0 saturated heterocycles. The quantitative estimate of drug-likeness (QED) is 0.455. The fourth-order valence-corrected chi connectivity index (χ4v) is 3.68. The number of rotatable bonds is 6. The van der Waals surface area contributed by atoms with E-state index in [4.69, 9.17) is 4.74 Å². The van der Waals surface area contributed by atoms with E-state index in [0.717, 1.165) is 10.3 Å². The second-order valence-electron chi connectivity index (χ2n) is 7.51. The van der Waals surface area contributed by atoms with Crippen LogP contribution in [-0.4, -0.2) is 44.6 Å². The van der Waals surface area contributed by atoms with E-state index in [1.807, 2.05) is 6.92 Å². The molecule has 2 heterocycles. The maximum Gasteiger partial charge on any atom is 0.254 e. The smallest absolute Gasteiger partial charge is 0.254 e. The standard InChI is InChI=1S/C24H23FN4O3/c1-4-32-22-11-17(8-9-20(22)16-6-5-7-19(25)10-16)24(30)28(3)13-18-14-29(31)15(2)21-12-26-27-23(18)21/h5-12,14,31H,4,13H2,1-3H3. The van der Waals surface area contributed by atoms with Gasteiger partial charge in [0, 0.05) is 35.8 Å². The van der Waals surface area contributed by atoms with E-state index in [1.165, 1.54) is 23.2 Å². The Kier molecular flexibility index (Phi) is 5.77. The fraction of sp³-hybridized carbons (Fsp3) is 0.208. The Morgan fingerprint density at radius 1 is 1.22 bits per heavy atom. The molecule has 2 aliphatic heterocycles. The summed E-state index contributed by atoms with van der Waals surface area (Å²) in [4.78, 5) is 14.7. The number of amides is 1. The van der Waals surface area contributed by atoms with Crippen LogP contribution in [0.5, 0.6) is 5.75 Å². The topological polar surface area (TPSA) is 80.5 Å². The van der Waals surface area contributed by atoms with Crippen LogP contribution in [0.3, 0.4) is 0 Å². The number of hydrogen-bond donors (Lipinski definition) is 1. The zero-order chi connectivity index (χ0) is 22.8. The van der Waals surface area contributed by atoms with E-state index in [0.29, 0.717) is 46.0 Å². The highest BCUT2D eigenvalue weighted by atomic mass is 19.1.